The van der Waals surface area contributed by atoms with Crippen LogP contribution in [0.4, 0.5) is 4.39 Å². The second-order valence-electron chi connectivity index (χ2n) is 11.6. The van der Waals surface area contributed by atoms with Crippen molar-refractivity contribution in [3.63, 3.8) is 0 Å². The third-order valence-corrected chi connectivity index (χ3v) is 7.96. The number of aromatic nitrogens is 1. The van der Waals surface area contributed by atoms with E-state index in [0.717, 1.165) is 6.92 Å². The molecule has 14 heteroatoms. The van der Waals surface area contributed by atoms with Crippen LogP contribution < -0.4 is 24.8 Å². The summed E-state index contributed by atoms with van der Waals surface area (Å²) in [5.74, 6) is -1.35. The lowest BCUT2D eigenvalue weighted by Crippen LogP contribution is -2.58. The minimum Gasteiger partial charge on any atom is -0.496 e. The lowest BCUT2D eigenvalue weighted by molar-refractivity contribution is -0.134. The Morgan fingerprint density at radius 3 is 2.59 bits per heavy atom. The zero-order valence-electron chi connectivity index (χ0n) is 27.7. The van der Waals surface area contributed by atoms with Gasteiger partial charge in [-0.3, -0.25) is 19.2 Å². The number of hydrogen-bond donors (Lipinski definition) is 3. The molecule has 0 aliphatic carbocycles. The Hall–Kier alpha value is -6.49. The van der Waals surface area contributed by atoms with Crippen molar-refractivity contribution in [2.24, 2.45) is 0 Å². The normalized spacial score (nSPS) is 17.0. The van der Waals surface area contributed by atoms with Crippen LogP contribution in [0.25, 0.3) is 11.1 Å². The number of aliphatic carboxylic acids is 1. The maximum Gasteiger partial charge on any atom is 0.300 e. The second-order valence-corrected chi connectivity index (χ2v) is 11.6. The van der Waals surface area contributed by atoms with Crippen molar-refractivity contribution < 1.29 is 42.9 Å². The first-order valence-corrected chi connectivity index (χ1v) is 15.8. The molecular formula is C37H34FN5O8. The lowest BCUT2D eigenvalue weighted by Gasteiger charge is -2.39. The van der Waals surface area contributed by atoms with Gasteiger partial charge in [-0.1, -0.05) is 12.1 Å². The van der Waals surface area contributed by atoms with E-state index in [1.807, 2.05) is 12.1 Å². The highest BCUT2D eigenvalue weighted by atomic mass is 19.1. The first-order valence-electron chi connectivity index (χ1n) is 15.8. The number of carbonyl (C=O) groups is 4. The van der Waals surface area contributed by atoms with Crippen molar-refractivity contribution >= 4 is 23.7 Å². The monoisotopic (exact) mass is 695 g/mol. The van der Waals surface area contributed by atoms with Gasteiger partial charge in [0.15, 0.2) is 6.61 Å². The molecule has 0 saturated carbocycles. The first kappa shape index (κ1) is 35.8. The number of methoxy groups -OCH3 is 1. The summed E-state index contributed by atoms with van der Waals surface area (Å²) >= 11 is 0. The summed E-state index contributed by atoms with van der Waals surface area (Å²) < 4.78 is 32.3. The van der Waals surface area contributed by atoms with Gasteiger partial charge in [0.25, 0.3) is 23.7 Å². The van der Waals surface area contributed by atoms with E-state index in [-0.39, 0.29) is 43.6 Å². The number of fused-ring (bicyclic) bond motifs is 8. The molecule has 0 spiro atoms. The number of nitrogens with zero attached hydrogens (tertiary/aromatic N) is 3. The zero-order chi connectivity index (χ0) is 36.5. The number of pyridine rings is 1. The molecule has 1 fully saturated rings. The summed E-state index contributed by atoms with van der Waals surface area (Å²) in [5.41, 5.74) is 2.61. The molecule has 0 radical (unpaired) electrons. The standard InChI is InChI=1S/C35H30FN5O6.C2H4O2/c1-45-31-8-6-23-14-29(31)22-3-2-4-27(13-22)46-20-33(42)39-17-21-11-25(36)15-28(12-21)47-32-9-10-41(19-30(32)40-34(23)43)35(44)24-5-7-26(16-37)38-18-24;1-2(3)4/h2-8,11-15,18,30,32H,9-10,17,19-20H2,1H3,(H,39,42)(H,40,43);1H3,(H,3,4)/t30-,32-;/m1./s1. The van der Waals surface area contributed by atoms with Crippen molar-refractivity contribution in [3.8, 4) is 34.4 Å². The van der Waals surface area contributed by atoms with Gasteiger partial charge in [-0.15, -0.1) is 0 Å². The van der Waals surface area contributed by atoms with Crippen molar-refractivity contribution in [2.45, 2.75) is 32.0 Å². The number of amides is 3. The van der Waals surface area contributed by atoms with Crippen molar-refractivity contribution in [3.05, 3.63) is 107 Å². The van der Waals surface area contributed by atoms with Gasteiger partial charge in [0.1, 0.15) is 40.9 Å². The molecule has 51 heavy (non-hydrogen) atoms. The van der Waals surface area contributed by atoms with E-state index in [4.69, 9.17) is 29.4 Å². The van der Waals surface area contributed by atoms with Crippen LogP contribution in [0.2, 0.25) is 0 Å². The van der Waals surface area contributed by atoms with Crippen LogP contribution in [-0.2, 0) is 16.1 Å². The van der Waals surface area contributed by atoms with E-state index in [1.54, 1.807) is 47.4 Å². The Labute approximate surface area is 292 Å². The van der Waals surface area contributed by atoms with Gasteiger partial charge in [0, 0.05) is 56.4 Å². The number of halogens is 1. The van der Waals surface area contributed by atoms with Crippen LogP contribution in [0.1, 0.15) is 45.3 Å². The molecule has 3 amide bonds. The number of likely N-dealkylation sites (tertiary alicyclic amines) is 1. The van der Waals surface area contributed by atoms with Crippen LogP contribution in [0.3, 0.4) is 0 Å². The number of nitriles is 1. The smallest absolute Gasteiger partial charge is 0.300 e. The third-order valence-electron chi connectivity index (χ3n) is 7.96. The number of benzene rings is 3. The van der Waals surface area contributed by atoms with E-state index >= 15 is 0 Å². The molecule has 3 N–H and O–H groups in total. The summed E-state index contributed by atoms with van der Waals surface area (Å²) in [6.07, 6.45) is 1.04. The van der Waals surface area contributed by atoms with E-state index in [0.29, 0.717) is 45.7 Å². The zero-order valence-corrected chi connectivity index (χ0v) is 27.7. The van der Waals surface area contributed by atoms with E-state index in [9.17, 15) is 18.8 Å². The fourth-order valence-corrected chi connectivity index (χ4v) is 5.61. The Bertz CT molecular complexity index is 1980. The first-order chi connectivity index (χ1) is 24.5. The van der Waals surface area contributed by atoms with Gasteiger partial charge in [0.05, 0.1) is 18.7 Å². The Morgan fingerprint density at radius 2 is 1.86 bits per heavy atom. The van der Waals surface area contributed by atoms with Crippen LogP contribution in [0.15, 0.2) is 79.0 Å². The number of nitrogens with one attached hydrogen (secondary N) is 2. The molecule has 1 aromatic heterocycles. The number of ether oxygens (including phenoxy) is 3. The van der Waals surface area contributed by atoms with Crippen LogP contribution in [-0.4, -0.2) is 77.6 Å². The number of carboxylic acid groups (broad SMARTS) is 1. The maximum absolute atomic E-state index is 14.7. The van der Waals surface area contributed by atoms with Gasteiger partial charge < -0.3 is 34.9 Å². The highest BCUT2D eigenvalue weighted by Gasteiger charge is 2.35. The lowest BCUT2D eigenvalue weighted by atomic mass is 9.98. The Morgan fingerprint density at radius 1 is 1.06 bits per heavy atom. The van der Waals surface area contributed by atoms with Gasteiger partial charge in [-0.25, -0.2) is 9.37 Å². The highest BCUT2D eigenvalue weighted by molar-refractivity contribution is 5.97. The number of hydrogen-bond acceptors (Lipinski definition) is 9. The average Bonchev–Trinajstić information content (AvgIpc) is 3.12. The molecule has 262 valence electrons. The quantitative estimate of drug-likeness (QED) is 0.278. The molecule has 2 atom stereocenters. The average molecular weight is 696 g/mol. The van der Waals surface area contributed by atoms with Crippen molar-refractivity contribution in [1.29, 1.82) is 5.26 Å². The molecule has 1 saturated heterocycles. The van der Waals surface area contributed by atoms with Crippen LogP contribution in [0, 0.1) is 17.1 Å². The minimum absolute atomic E-state index is 0.0329. The van der Waals surface area contributed by atoms with Gasteiger partial charge in [0.2, 0.25) is 0 Å². The molecule has 3 aromatic carbocycles. The summed E-state index contributed by atoms with van der Waals surface area (Å²) in [5, 5.41) is 22.3. The molecule has 6 rings (SSSR count). The van der Waals surface area contributed by atoms with Crippen LogP contribution >= 0.6 is 0 Å². The Kier molecular flexibility index (Phi) is 11.4. The largest absolute Gasteiger partial charge is 0.496 e. The van der Waals surface area contributed by atoms with E-state index < -0.39 is 35.7 Å². The maximum atomic E-state index is 14.7. The fraction of sp³-hybridized carbons (Fsp3) is 0.243. The van der Waals surface area contributed by atoms with Gasteiger partial charge in [-0.2, -0.15) is 5.26 Å². The second kappa shape index (κ2) is 16.3. The van der Waals surface area contributed by atoms with Gasteiger partial charge in [-0.05, 0) is 65.7 Å². The Balaban J connectivity index is 0.00000120. The molecule has 2 aliphatic heterocycles. The molecule has 0 unspecified atom stereocenters. The summed E-state index contributed by atoms with van der Waals surface area (Å²) in [6.45, 7) is 1.23. The SMILES string of the molecule is CC(=O)O.COc1ccc2cc1-c1cccc(c1)OCC(=O)NCc1cc(F)cc(c1)O[C@@H]1CCN(C(=O)c3ccc(C#N)nc3)C[C@H]1NC2=O. The molecule has 6 bridgehead atoms. The number of carbonyl (C=O) groups excluding carboxylic acids is 3. The number of carboxylic acids is 1. The fourth-order valence-electron chi connectivity index (χ4n) is 5.61. The molecule has 3 heterocycles. The predicted octanol–water partition coefficient (Wildman–Crippen LogP) is 3.96. The molecular weight excluding hydrogens is 661 g/mol. The third kappa shape index (κ3) is 9.36. The van der Waals surface area contributed by atoms with Crippen molar-refractivity contribution in [2.75, 3.05) is 26.8 Å². The highest BCUT2D eigenvalue weighted by Crippen LogP contribution is 2.33. The summed E-state index contributed by atoms with van der Waals surface area (Å²) in [4.78, 5) is 54.4. The number of rotatable bonds is 2. The summed E-state index contributed by atoms with van der Waals surface area (Å²) in [6, 6.07) is 20.5. The van der Waals surface area contributed by atoms with E-state index in [2.05, 4.69) is 15.6 Å². The number of piperidine rings is 1. The van der Waals surface area contributed by atoms with Gasteiger partial charge >= 0.3 is 0 Å². The predicted molar refractivity (Wildman–Crippen MR) is 181 cm³/mol. The molecule has 2 aliphatic rings. The topological polar surface area (TPSA) is 180 Å². The van der Waals surface area contributed by atoms with Crippen molar-refractivity contribution in [1.82, 2.24) is 20.5 Å². The molecule has 4 aromatic rings. The molecule has 13 nitrogen and oxygen atoms in total. The van der Waals surface area contributed by atoms with Crippen LogP contribution in [0.5, 0.6) is 17.2 Å². The van der Waals surface area contributed by atoms with E-state index in [1.165, 1.54) is 37.6 Å². The summed E-state index contributed by atoms with van der Waals surface area (Å²) in [7, 11) is 1.53. The minimum atomic E-state index is -0.833.